The number of hydrazine groups is 1. The van der Waals surface area contributed by atoms with Crippen LogP contribution >= 0.6 is 0 Å². The van der Waals surface area contributed by atoms with Crippen LogP contribution < -0.4 is 16.2 Å². The highest BCUT2D eigenvalue weighted by molar-refractivity contribution is 6.05. The van der Waals surface area contributed by atoms with E-state index in [-0.39, 0.29) is 30.6 Å². The summed E-state index contributed by atoms with van der Waals surface area (Å²) in [6, 6.07) is 0. The van der Waals surface area contributed by atoms with Crippen LogP contribution in [0.3, 0.4) is 0 Å². The molecule has 1 rings (SSSR count). The van der Waals surface area contributed by atoms with Gasteiger partial charge in [-0.2, -0.15) is 0 Å². The molecule has 0 aliphatic carbocycles. The summed E-state index contributed by atoms with van der Waals surface area (Å²) < 4.78 is 0. The van der Waals surface area contributed by atoms with E-state index < -0.39 is 5.92 Å². The first-order valence-corrected chi connectivity index (χ1v) is 5.37. The number of carbonyl (C=O) groups excluding carboxylic acids is 3. The third-order valence-corrected chi connectivity index (χ3v) is 2.31. The fourth-order valence-corrected chi connectivity index (χ4v) is 1.36. The van der Waals surface area contributed by atoms with Crippen LogP contribution in [0.15, 0.2) is 0 Å². The summed E-state index contributed by atoms with van der Waals surface area (Å²) >= 11 is 0. The molecule has 0 radical (unpaired) electrons. The van der Waals surface area contributed by atoms with Crippen LogP contribution in [0, 0.1) is 11.8 Å². The summed E-state index contributed by atoms with van der Waals surface area (Å²) in [5.41, 5.74) is 4.45. The highest BCUT2D eigenvalue weighted by Gasteiger charge is 2.32. The van der Waals surface area contributed by atoms with Crippen LogP contribution in [-0.4, -0.2) is 24.3 Å². The molecule has 1 fully saturated rings. The maximum absolute atomic E-state index is 11.3. The van der Waals surface area contributed by atoms with Crippen molar-refractivity contribution in [2.75, 3.05) is 6.54 Å². The van der Waals surface area contributed by atoms with Crippen molar-refractivity contribution in [3.05, 3.63) is 0 Å². The lowest BCUT2D eigenvalue weighted by Crippen LogP contribution is -2.29. The molecule has 6 nitrogen and oxygen atoms in total. The van der Waals surface area contributed by atoms with Crippen molar-refractivity contribution in [1.82, 2.24) is 16.2 Å². The van der Waals surface area contributed by atoms with Gasteiger partial charge in [-0.15, -0.1) is 0 Å². The van der Waals surface area contributed by atoms with Gasteiger partial charge in [0.15, 0.2) is 0 Å². The Hall–Kier alpha value is -1.59. The van der Waals surface area contributed by atoms with Crippen molar-refractivity contribution in [3.63, 3.8) is 0 Å². The average molecular weight is 227 g/mol. The molecule has 0 aromatic rings. The molecule has 1 aliphatic heterocycles. The van der Waals surface area contributed by atoms with Gasteiger partial charge in [-0.1, -0.05) is 13.8 Å². The molecule has 0 bridgehead atoms. The summed E-state index contributed by atoms with van der Waals surface area (Å²) in [5.74, 6) is -1.18. The molecule has 0 saturated carbocycles. The number of carbonyl (C=O) groups is 3. The number of rotatable bonds is 5. The van der Waals surface area contributed by atoms with E-state index in [1.165, 1.54) is 0 Å². The SMILES string of the molecule is CC(C)CNC(=O)CCC1C(=O)NNC1=O. The van der Waals surface area contributed by atoms with Crippen molar-refractivity contribution in [3.8, 4) is 0 Å². The van der Waals surface area contributed by atoms with E-state index in [0.717, 1.165) is 0 Å². The van der Waals surface area contributed by atoms with Gasteiger partial charge in [0.25, 0.3) is 11.8 Å². The molecule has 1 heterocycles. The molecule has 0 atom stereocenters. The zero-order valence-electron chi connectivity index (χ0n) is 9.50. The fraction of sp³-hybridized carbons (Fsp3) is 0.700. The Balaban J connectivity index is 2.26. The van der Waals surface area contributed by atoms with Gasteiger partial charge in [0.1, 0.15) is 5.92 Å². The van der Waals surface area contributed by atoms with Crippen molar-refractivity contribution < 1.29 is 14.4 Å². The Morgan fingerprint density at radius 3 is 2.38 bits per heavy atom. The van der Waals surface area contributed by atoms with Gasteiger partial charge in [0.05, 0.1) is 0 Å². The normalized spacial score (nSPS) is 16.2. The Labute approximate surface area is 94.1 Å². The van der Waals surface area contributed by atoms with Gasteiger partial charge in [-0.25, -0.2) is 0 Å². The van der Waals surface area contributed by atoms with Crippen LogP contribution in [0.4, 0.5) is 0 Å². The zero-order chi connectivity index (χ0) is 12.1. The smallest absolute Gasteiger partial charge is 0.251 e. The van der Waals surface area contributed by atoms with E-state index >= 15 is 0 Å². The molecular weight excluding hydrogens is 210 g/mol. The highest BCUT2D eigenvalue weighted by atomic mass is 16.2. The monoisotopic (exact) mass is 227 g/mol. The maximum atomic E-state index is 11.3. The van der Waals surface area contributed by atoms with E-state index in [2.05, 4.69) is 16.2 Å². The molecule has 90 valence electrons. The number of hydrogen-bond donors (Lipinski definition) is 3. The van der Waals surface area contributed by atoms with Gasteiger partial charge in [0.2, 0.25) is 5.91 Å². The van der Waals surface area contributed by atoms with E-state index in [0.29, 0.717) is 12.5 Å². The molecule has 1 saturated heterocycles. The summed E-state index contributed by atoms with van der Waals surface area (Å²) in [6.45, 7) is 4.61. The molecule has 3 amide bonds. The molecule has 0 aromatic heterocycles. The maximum Gasteiger partial charge on any atom is 0.251 e. The Morgan fingerprint density at radius 2 is 1.88 bits per heavy atom. The molecule has 1 aliphatic rings. The molecule has 3 N–H and O–H groups in total. The summed E-state index contributed by atoms with van der Waals surface area (Å²) in [5, 5.41) is 2.73. The lowest BCUT2D eigenvalue weighted by atomic mass is 10.0. The van der Waals surface area contributed by atoms with Crippen molar-refractivity contribution in [2.45, 2.75) is 26.7 Å². The third-order valence-electron chi connectivity index (χ3n) is 2.31. The standard InChI is InChI=1S/C10H17N3O3/c1-6(2)5-11-8(14)4-3-7-9(15)12-13-10(7)16/h6-7H,3-5H2,1-2H3,(H,11,14)(H,12,15)(H,13,16). The second-order valence-electron chi connectivity index (χ2n) is 4.27. The second kappa shape index (κ2) is 5.48. The predicted molar refractivity (Wildman–Crippen MR) is 56.9 cm³/mol. The minimum atomic E-state index is -0.732. The Kier molecular flexibility index (Phi) is 4.28. The molecule has 0 unspecified atom stereocenters. The van der Waals surface area contributed by atoms with E-state index in [1.807, 2.05) is 13.8 Å². The number of amides is 3. The van der Waals surface area contributed by atoms with Crippen LogP contribution in [0.1, 0.15) is 26.7 Å². The van der Waals surface area contributed by atoms with Gasteiger partial charge in [0, 0.05) is 13.0 Å². The summed E-state index contributed by atoms with van der Waals surface area (Å²) in [6.07, 6.45) is 0.444. The minimum absolute atomic E-state index is 0.124. The van der Waals surface area contributed by atoms with Crippen LogP contribution in [0.2, 0.25) is 0 Å². The number of nitrogens with one attached hydrogen (secondary N) is 3. The lowest BCUT2D eigenvalue weighted by Gasteiger charge is -2.08. The van der Waals surface area contributed by atoms with Crippen molar-refractivity contribution in [1.29, 1.82) is 0 Å². The lowest BCUT2D eigenvalue weighted by molar-refractivity contribution is -0.128. The third kappa shape index (κ3) is 3.52. The van der Waals surface area contributed by atoms with Gasteiger partial charge in [-0.3, -0.25) is 25.2 Å². The molecule has 6 heteroatoms. The average Bonchev–Trinajstić information content (AvgIpc) is 2.53. The molecule has 16 heavy (non-hydrogen) atoms. The molecule has 0 spiro atoms. The summed E-state index contributed by atoms with van der Waals surface area (Å²) in [7, 11) is 0. The number of hydrogen-bond acceptors (Lipinski definition) is 3. The quantitative estimate of drug-likeness (QED) is 0.544. The highest BCUT2D eigenvalue weighted by Crippen LogP contribution is 2.10. The predicted octanol–water partition coefficient (Wildman–Crippen LogP) is -0.684. The van der Waals surface area contributed by atoms with Crippen LogP contribution in [0.5, 0.6) is 0 Å². The van der Waals surface area contributed by atoms with Gasteiger partial charge < -0.3 is 5.32 Å². The Bertz CT molecular complexity index is 286. The fourth-order valence-electron chi connectivity index (χ4n) is 1.36. The van der Waals surface area contributed by atoms with Gasteiger partial charge in [-0.05, 0) is 12.3 Å². The zero-order valence-corrected chi connectivity index (χ0v) is 9.50. The minimum Gasteiger partial charge on any atom is -0.356 e. The first-order chi connectivity index (χ1) is 7.50. The van der Waals surface area contributed by atoms with E-state index in [1.54, 1.807) is 0 Å². The first-order valence-electron chi connectivity index (χ1n) is 5.37. The topological polar surface area (TPSA) is 87.3 Å². The first kappa shape index (κ1) is 12.5. The van der Waals surface area contributed by atoms with Crippen LogP contribution in [-0.2, 0) is 14.4 Å². The Morgan fingerprint density at radius 1 is 1.31 bits per heavy atom. The van der Waals surface area contributed by atoms with E-state index in [4.69, 9.17) is 0 Å². The van der Waals surface area contributed by atoms with E-state index in [9.17, 15) is 14.4 Å². The largest absolute Gasteiger partial charge is 0.356 e. The summed E-state index contributed by atoms with van der Waals surface area (Å²) in [4.78, 5) is 33.6. The molecule has 0 aromatic carbocycles. The van der Waals surface area contributed by atoms with Crippen LogP contribution in [0.25, 0.3) is 0 Å². The second-order valence-corrected chi connectivity index (χ2v) is 4.27. The van der Waals surface area contributed by atoms with Gasteiger partial charge >= 0.3 is 0 Å². The van der Waals surface area contributed by atoms with Crippen molar-refractivity contribution >= 4 is 17.7 Å². The molecular formula is C10H17N3O3. The van der Waals surface area contributed by atoms with Crippen molar-refractivity contribution in [2.24, 2.45) is 11.8 Å².